The lowest BCUT2D eigenvalue weighted by molar-refractivity contribution is 0.0732. The van der Waals surface area contributed by atoms with Gasteiger partial charge in [0.1, 0.15) is 17.2 Å². The zero-order valence-corrected chi connectivity index (χ0v) is 20.6. The van der Waals surface area contributed by atoms with Crippen molar-refractivity contribution in [2.45, 2.75) is 60.8 Å². The number of phenols is 2. The largest absolute Gasteiger partial charge is 0.507 e. The summed E-state index contributed by atoms with van der Waals surface area (Å²) in [6.45, 7) is 13.8. The van der Waals surface area contributed by atoms with Gasteiger partial charge in [-0.1, -0.05) is 49.2 Å². The van der Waals surface area contributed by atoms with Gasteiger partial charge >= 0.3 is 5.97 Å². The molecule has 0 spiro atoms. The summed E-state index contributed by atoms with van der Waals surface area (Å²) in [5, 5.41) is 21.0. The van der Waals surface area contributed by atoms with Gasteiger partial charge in [0, 0.05) is 17.0 Å². The molecule has 0 aliphatic heterocycles. The minimum atomic E-state index is -0.473. The summed E-state index contributed by atoms with van der Waals surface area (Å²) in [4.78, 5) is 13.1. The van der Waals surface area contributed by atoms with Gasteiger partial charge in [0.25, 0.3) is 0 Å². The molecule has 3 rings (SSSR count). The van der Waals surface area contributed by atoms with Gasteiger partial charge in [0.2, 0.25) is 0 Å². The third-order valence-corrected chi connectivity index (χ3v) is 6.03. The van der Waals surface area contributed by atoms with Crippen molar-refractivity contribution in [2.24, 2.45) is 5.92 Å². The quantitative estimate of drug-likeness (QED) is 0.315. The molecule has 1 atom stereocenters. The van der Waals surface area contributed by atoms with Gasteiger partial charge in [0.05, 0.1) is 5.56 Å². The zero-order valence-electron chi connectivity index (χ0n) is 20.6. The number of benzene rings is 3. The summed E-state index contributed by atoms with van der Waals surface area (Å²) in [7, 11) is 0. The second-order valence-corrected chi connectivity index (χ2v) is 9.59. The van der Waals surface area contributed by atoms with Crippen LogP contribution in [0, 0.1) is 40.5 Å². The first kappa shape index (κ1) is 24.4. The van der Waals surface area contributed by atoms with E-state index in [0.29, 0.717) is 28.4 Å². The highest BCUT2D eigenvalue weighted by Crippen LogP contribution is 2.42. The molecule has 174 valence electrons. The fourth-order valence-corrected chi connectivity index (χ4v) is 4.42. The van der Waals surface area contributed by atoms with Crippen LogP contribution in [0.25, 0.3) is 0 Å². The van der Waals surface area contributed by atoms with E-state index in [1.54, 1.807) is 26.0 Å². The number of carbonyl (C=O) groups excluding carboxylic acids is 1. The minimum Gasteiger partial charge on any atom is -0.507 e. The predicted octanol–water partition coefficient (Wildman–Crippen LogP) is 7.04. The maximum Gasteiger partial charge on any atom is 0.343 e. The fourth-order valence-electron chi connectivity index (χ4n) is 4.42. The summed E-state index contributed by atoms with van der Waals surface area (Å²) in [6.07, 6.45) is 0.794. The monoisotopic (exact) mass is 446 g/mol. The molecule has 0 fully saturated rings. The molecule has 33 heavy (non-hydrogen) atoms. The summed E-state index contributed by atoms with van der Waals surface area (Å²) < 4.78 is 5.92. The highest BCUT2D eigenvalue weighted by Gasteiger charge is 2.25. The van der Waals surface area contributed by atoms with Crippen LogP contribution >= 0.6 is 0 Å². The van der Waals surface area contributed by atoms with Gasteiger partial charge in [-0.25, -0.2) is 4.79 Å². The van der Waals surface area contributed by atoms with E-state index in [1.165, 1.54) is 0 Å². The summed E-state index contributed by atoms with van der Waals surface area (Å²) >= 11 is 0. The number of phenolic OH excluding ortho intramolecular Hbond substituents is 2. The first-order chi connectivity index (χ1) is 15.5. The molecule has 4 nitrogen and oxygen atoms in total. The van der Waals surface area contributed by atoms with E-state index in [4.69, 9.17) is 4.74 Å². The number of hydrogen-bond donors (Lipinski definition) is 2. The Morgan fingerprint density at radius 2 is 1.36 bits per heavy atom. The van der Waals surface area contributed by atoms with Crippen LogP contribution in [0.4, 0.5) is 0 Å². The number of hydrogen-bond acceptors (Lipinski definition) is 4. The van der Waals surface area contributed by atoms with Gasteiger partial charge in [-0.3, -0.25) is 0 Å². The van der Waals surface area contributed by atoms with Gasteiger partial charge in [0.15, 0.2) is 0 Å². The number of carbonyl (C=O) groups is 1. The molecule has 2 N–H and O–H groups in total. The molecule has 0 bridgehead atoms. The Kier molecular flexibility index (Phi) is 7.16. The Labute approximate surface area is 196 Å². The van der Waals surface area contributed by atoms with E-state index in [0.717, 1.165) is 34.2 Å². The van der Waals surface area contributed by atoms with E-state index in [9.17, 15) is 15.0 Å². The van der Waals surface area contributed by atoms with Crippen molar-refractivity contribution in [1.29, 1.82) is 0 Å². The zero-order chi connectivity index (χ0) is 24.4. The van der Waals surface area contributed by atoms with Gasteiger partial charge in [-0.2, -0.15) is 0 Å². The van der Waals surface area contributed by atoms with Crippen LogP contribution in [0.2, 0.25) is 0 Å². The third-order valence-electron chi connectivity index (χ3n) is 6.03. The first-order valence-corrected chi connectivity index (χ1v) is 11.4. The molecule has 0 aromatic heterocycles. The van der Waals surface area contributed by atoms with Crippen molar-refractivity contribution < 1.29 is 19.7 Å². The van der Waals surface area contributed by atoms with E-state index in [-0.39, 0.29) is 17.4 Å². The molecule has 0 aliphatic carbocycles. The van der Waals surface area contributed by atoms with Crippen LogP contribution in [0.5, 0.6) is 17.2 Å². The third kappa shape index (κ3) is 5.39. The average Bonchev–Trinajstić information content (AvgIpc) is 2.73. The highest BCUT2D eigenvalue weighted by molar-refractivity contribution is 5.92. The van der Waals surface area contributed by atoms with E-state index >= 15 is 0 Å². The maximum absolute atomic E-state index is 13.1. The second kappa shape index (κ2) is 9.70. The van der Waals surface area contributed by atoms with Crippen molar-refractivity contribution in [3.8, 4) is 17.2 Å². The molecular weight excluding hydrogens is 412 g/mol. The smallest absolute Gasteiger partial charge is 0.343 e. The minimum absolute atomic E-state index is 0.130. The molecule has 0 saturated carbocycles. The molecule has 0 aliphatic rings. The Bertz CT molecular complexity index is 1170. The lowest BCUT2D eigenvalue weighted by Crippen LogP contribution is -2.14. The van der Waals surface area contributed by atoms with Crippen LogP contribution in [-0.2, 0) is 0 Å². The van der Waals surface area contributed by atoms with Crippen molar-refractivity contribution in [3.63, 3.8) is 0 Å². The second-order valence-electron chi connectivity index (χ2n) is 9.59. The van der Waals surface area contributed by atoms with Crippen LogP contribution < -0.4 is 4.74 Å². The fraction of sp³-hybridized carbons (Fsp3) is 0.345. The molecule has 3 aromatic carbocycles. The van der Waals surface area contributed by atoms with Crippen LogP contribution in [0.3, 0.4) is 0 Å². The van der Waals surface area contributed by atoms with E-state index in [1.807, 2.05) is 51.1 Å². The van der Waals surface area contributed by atoms with Crippen molar-refractivity contribution in [1.82, 2.24) is 0 Å². The Morgan fingerprint density at radius 1 is 0.788 bits per heavy atom. The standard InChI is InChI=1S/C29H34O4/c1-16(2)10-23(25-13-18(4)11-19(5)28(25)31)24-12-17(3)8-9-26(24)33-29(32)22-14-20(6)27(30)21(7)15-22/h8-9,11-16,23,30-31H,10H2,1-7H3. The van der Waals surface area contributed by atoms with Crippen molar-refractivity contribution in [3.05, 3.63) is 87.0 Å². The van der Waals surface area contributed by atoms with Gasteiger partial charge < -0.3 is 14.9 Å². The SMILES string of the molecule is Cc1ccc(OC(=O)c2cc(C)c(O)c(C)c2)c(C(CC(C)C)c2cc(C)cc(C)c2O)c1. The molecule has 0 heterocycles. The number of ether oxygens (including phenoxy) is 1. The summed E-state index contributed by atoms with van der Waals surface area (Å²) in [6, 6.07) is 13.1. The Balaban J connectivity index is 2.10. The lowest BCUT2D eigenvalue weighted by atomic mass is 9.82. The topological polar surface area (TPSA) is 66.8 Å². The van der Waals surface area contributed by atoms with Crippen LogP contribution in [0.1, 0.15) is 75.5 Å². The van der Waals surface area contributed by atoms with Crippen molar-refractivity contribution in [2.75, 3.05) is 0 Å². The Morgan fingerprint density at radius 3 is 1.97 bits per heavy atom. The first-order valence-electron chi connectivity index (χ1n) is 11.4. The molecule has 4 heteroatoms. The molecule has 0 saturated heterocycles. The van der Waals surface area contributed by atoms with Gasteiger partial charge in [-0.05, 0) is 81.8 Å². The molecular formula is C29H34O4. The lowest BCUT2D eigenvalue weighted by Gasteiger charge is -2.25. The Hall–Kier alpha value is -3.27. The number of esters is 1. The predicted molar refractivity (Wildman–Crippen MR) is 133 cm³/mol. The molecule has 0 amide bonds. The van der Waals surface area contributed by atoms with E-state index < -0.39 is 5.97 Å². The normalized spacial score (nSPS) is 12.1. The van der Waals surface area contributed by atoms with Crippen LogP contribution in [0.15, 0.2) is 42.5 Å². The number of aromatic hydroxyl groups is 2. The molecule has 0 radical (unpaired) electrons. The van der Waals surface area contributed by atoms with Gasteiger partial charge in [-0.15, -0.1) is 0 Å². The number of rotatable bonds is 6. The molecule has 3 aromatic rings. The van der Waals surface area contributed by atoms with E-state index in [2.05, 4.69) is 13.8 Å². The maximum atomic E-state index is 13.1. The molecule has 1 unspecified atom stereocenters. The summed E-state index contributed by atoms with van der Waals surface area (Å²) in [5.41, 5.74) is 6.34. The van der Waals surface area contributed by atoms with Crippen molar-refractivity contribution >= 4 is 5.97 Å². The van der Waals surface area contributed by atoms with Crippen LogP contribution in [-0.4, -0.2) is 16.2 Å². The highest BCUT2D eigenvalue weighted by atomic mass is 16.5. The average molecular weight is 447 g/mol. The summed E-state index contributed by atoms with van der Waals surface area (Å²) in [5.74, 6) is 0.716. The number of aryl methyl sites for hydroxylation is 5.